The van der Waals surface area contributed by atoms with E-state index in [2.05, 4.69) is 533 Å². The molecule has 0 unspecified atom stereocenters. The van der Waals surface area contributed by atoms with Gasteiger partial charge in [-0.1, -0.05) is 343 Å². The zero-order chi connectivity index (χ0) is 87.0. The molecule has 0 bridgehead atoms. The zero-order valence-corrected chi connectivity index (χ0v) is 73.0. The molecular formula is C126H92N4. The minimum absolute atomic E-state index is 0.253. The summed E-state index contributed by atoms with van der Waals surface area (Å²) in [7, 11) is 0. The number of nitrogens with zero attached hydrogens (tertiary/aromatic N) is 4. The Kier molecular flexibility index (Phi) is 19.6. The molecule has 0 aliphatic heterocycles. The smallest absolute Gasteiger partial charge is 0.0468 e. The van der Waals surface area contributed by atoms with Gasteiger partial charge in [0.2, 0.25) is 0 Å². The third kappa shape index (κ3) is 13.9. The van der Waals surface area contributed by atoms with E-state index >= 15 is 0 Å². The quantitative estimate of drug-likeness (QED) is 0.0894. The molecule has 4 nitrogen and oxygen atoms in total. The van der Waals surface area contributed by atoms with E-state index in [1.54, 1.807) is 0 Å². The van der Waals surface area contributed by atoms with E-state index in [1.165, 1.54) is 154 Å². The van der Waals surface area contributed by atoms with Crippen molar-refractivity contribution in [3.63, 3.8) is 0 Å². The second-order valence-corrected chi connectivity index (χ2v) is 35.5. The number of fused-ring (bicyclic) bond motifs is 18. The lowest BCUT2D eigenvalue weighted by Gasteiger charge is -2.28. The number of para-hydroxylation sites is 4. The molecular weight excluding hydrogens is 1570 g/mol. The molecule has 0 saturated carbocycles. The highest BCUT2D eigenvalue weighted by Crippen LogP contribution is 2.59. The van der Waals surface area contributed by atoms with Gasteiger partial charge >= 0.3 is 0 Å². The molecule has 0 fully saturated rings. The minimum Gasteiger partial charge on any atom is -0.310 e. The van der Waals surface area contributed by atoms with Crippen molar-refractivity contribution in [2.24, 2.45) is 0 Å². The first-order valence-corrected chi connectivity index (χ1v) is 45.2. The highest BCUT2D eigenvalue weighted by Gasteiger charge is 2.41. The Balaban J connectivity index is 0.000000148. The molecule has 2 aliphatic carbocycles. The number of rotatable bonds is 16. The van der Waals surface area contributed by atoms with Crippen molar-refractivity contribution in [1.82, 2.24) is 0 Å². The van der Waals surface area contributed by atoms with Crippen LogP contribution in [0.25, 0.3) is 131 Å². The highest BCUT2D eigenvalue weighted by atomic mass is 15.2. The van der Waals surface area contributed by atoms with Crippen LogP contribution in [0.2, 0.25) is 0 Å². The first kappa shape index (κ1) is 78.3. The van der Waals surface area contributed by atoms with Crippen LogP contribution in [0.4, 0.5) is 68.2 Å². The summed E-state index contributed by atoms with van der Waals surface area (Å²) in [6.45, 7) is 9.69. The largest absolute Gasteiger partial charge is 0.310 e. The van der Waals surface area contributed by atoms with E-state index in [0.717, 1.165) is 68.2 Å². The van der Waals surface area contributed by atoms with Gasteiger partial charge in [0.1, 0.15) is 0 Å². The van der Waals surface area contributed by atoms with E-state index in [-0.39, 0.29) is 10.8 Å². The predicted octanol–water partition coefficient (Wildman–Crippen LogP) is 35.5. The normalized spacial score (nSPS) is 12.6. The van der Waals surface area contributed by atoms with E-state index in [4.69, 9.17) is 0 Å². The number of hydrogen-bond donors (Lipinski definition) is 0. The molecule has 0 amide bonds. The topological polar surface area (TPSA) is 13.0 Å². The summed E-state index contributed by atoms with van der Waals surface area (Å²) in [4.78, 5) is 9.54. The fraction of sp³-hybridized carbons (Fsp3) is 0.0476. The van der Waals surface area contributed by atoms with Crippen molar-refractivity contribution >= 4 is 133 Å². The Labute approximate surface area is 760 Å². The average Bonchev–Trinajstić information content (AvgIpc) is 1.56. The van der Waals surface area contributed by atoms with Gasteiger partial charge in [-0.15, -0.1) is 0 Å². The summed E-state index contributed by atoms with van der Waals surface area (Å²) in [5, 5.41) is 15.2. The molecule has 0 aromatic heterocycles. The van der Waals surface area contributed by atoms with Crippen LogP contribution in [0.1, 0.15) is 49.9 Å². The van der Waals surface area contributed by atoms with Crippen molar-refractivity contribution in [1.29, 1.82) is 0 Å². The molecule has 2 aliphatic rings. The summed E-state index contributed by atoms with van der Waals surface area (Å²) >= 11 is 0. The van der Waals surface area contributed by atoms with Crippen LogP contribution in [0.15, 0.2) is 485 Å². The van der Waals surface area contributed by atoms with Crippen LogP contribution in [0.5, 0.6) is 0 Å². The maximum absolute atomic E-state index is 2.48. The van der Waals surface area contributed by atoms with Crippen LogP contribution in [-0.2, 0) is 10.8 Å². The molecule has 0 N–H and O–H groups in total. The Hall–Kier alpha value is -16.4. The van der Waals surface area contributed by atoms with Crippen molar-refractivity contribution in [2.45, 2.75) is 38.5 Å². The Morgan fingerprint density at radius 3 is 0.723 bits per heavy atom. The summed E-state index contributed by atoms with van der Waals surface area (Å²) in [6, 6.07) is 177. The monoisotopic (exact) mass is 1660 g/mol. The molecule has 0 atom stereocenters. The fourth-order valence-corrected chi connectivity index (χ4v) is 20.9. The molecule has 0 heterocycles. The van der Waals surface area contributed by atoms with Crippen LogP contribution >= 0.6 is 0 Å². The summed E-state index contributed by atoms with van der Waals surface area (Å²) in [5.41, 5.74) is 33.5. The molecule has 616 valence electrons. The van der Waals surface area contributed by atoms with Gasteiger partial charge in [-0.3, -0.25) is 0 Å². The minimum atomic E-state index is -0.259. The second-order valence-electron chi connectivity index (χ2n) is 35.5. The van der Waals surface area contributed by atoms with Gasteiger partial charge in [0.25, 0.3) is 0 Å². The Bertz CT molecular complexity index is 8040. The van der Waals surface area contributed by atoms with Gasteiger partial charge in [0.05, 0.1) is 0 Å². The third-order valence-corrected chi connectivity index (χ3v) is 27.1. The SMILES string of the molecule is CC1(C)c2cc3cc(N(c4ccccc4)c4ccc(-c5ccccc5)cc4)ccc3cc2-c2c1c1ccc(N(c3ccccc3)c3ccc(-c4ccccc4)cc3)cc1c1ccccc21.CC1(C)c2cc3cc(N(c4ccccc4)c4cccc(-c5ccccc5)c4)ccc3cc2-c2c1c1ccc(N(c3ccccc3)c3cccc(-c4ccccc4)c3)cc1c1ccccc21. The summed E-state index contributed by atoms with van der Waals surface area (Å²) in [6.07, 6.45) is 0. The molecule has 22 aromatic rings. The molecule has 0 radical (unpaired) electrons. The van der Waals surface area contributed by atoms with Crippen LogP contribution in [0, 0.1) is 0 Å². The van der Waals surface area contributed by atoms with Crippen LogP contribution in [-0.4, -0.2) is 0 Å². The Morgan fingerprint density at radius 2 is 0.385 bits per heavy atom. The highest BCUT2D eigenvalue weighted by molar-refractivity contribution is 6.22. The van der Waals surface area contributed by atoms with Gasteiger partial charge in [-0.2, -0.15) is 0 Å². The molecule has 24 rings (SSSR count). The van der Waals surface area contributed by atoms with Crippen molar-refractivity contribution in [3.8, 4) is 66.8 Å². The zero-order valence-electron chi connectivity index (χ0n) is 73.0. The predicted molar refractivity (Wildman–Crippen MR) is 554 cm³/mol. The van der Waals surface area contributed by atoms with Crippen molar-refractivity contribution in [3.05, 3.63) is 508 Å². The van der Waals surface area contributed by atoms with Gasteiger partial charge in [-0.25, -0.2) is 0 Å². The van der Waals surface area contributed by atoms with Gasteiger partial charge < -0.3 is 19.6 Å². The maximum Gasteiger partial charge on any atom is 0.0468 e. The molecule has 4 heteroatoms. The van der Waals surface area contributed by atoms with E-state index in [1.807, 2.05) is 0 Å². The lowest BCUT2D eigenvalue weighted by molar-refractivity contribution is 0.667. The molecule has 22 aromatic carbocycles. The second kappa shape index (κ2) is 32.5. The summed E-state index contributed by atoms with van der Waals surface area (Å²) < 4.78 is 0. The standard InChI is InChI=1S/2C63H46N2/c1-63(2)60-41-48-39-53(64(49-25-11-5-12-26-49)51-29-17-23-45(37-51)43-19-7-3-8-20-43)34-33-47(48)40-59(60)61-56-32-16-15-31-55(56)58-42-54(35-36-57(58)62(61)63)65(50-27-13-6-14-28-50)52-30-18-24-46(38-52)44-21-9-4-10-22-44;1-63(2)60-41-48-39-53(64(49-21-11-5-12-22-49)51-32-27-45(28-33-51)43-17-7-3-8-18-43)36-31-47(48)40-59(60)61-56-26-16-15-25-55(56)58-42-54(37-38-57(58)62(61)63)65(50-23-13-6-14-24-50)52-34-29-46(30-35-52)44-19-9-4-10-20-44/h2*3-42H,1-2H3. The summed E-state index contributed by atoms with van der Waals surface area (Å²) in [5.74, 6) is 0. The van der Waals surface area contributed by atoms with Crippen molar-refractivity contribution < 1.29 is 0 Å². The van der Waals surface area contributed by atoms with E-state index < -0.39 is 0 Å². The van der Waals surface area contributed by atoms with Gasteiger partial charge in [-0.05, 0) is 324 Å². The average molecular weight is 1660 g/mol. The lowest BCUT2D eigenvalue weighted by Crippen LogP contribution is -2.16. The van der Waals surface area contributed by atoms with Crippen LogP contribution in [0.3, 0.4) is 0 Å². The molecule has 130 heavy (non-hydrogen) atoms. The number of benzene rings is 22. The number of anilines is 12. The van der Waals surface area contributed by atoms with Crippen molar-refractivity contribution in [2.75, 3.05) is 19.6 Å². The van der Waals surface area contributed by atoms with Gasteiger partial charge in [0, 0.05) is 79.1 Å². The maximum atomic E-state index is 2.48. The fourth-order valence-electron chi connectivity index (χ4n) is 20.9. The Morgan fingerprint density at radius 1 is 0.146 bits per heavy atom. The van der Waals surface area contributed by atoms with Crippen LogP contribution < -0.4 is 19.6 Å². The molecule has 0 saturated heterocycles. The third-order valence-electron chi connectivity index (χ3n) is 27.1. The van der Waals surface area contributed by atoms with E-state index in [9.17, 15) is 0 Å². The van der Waals surface area contributed by atoms with Gasteiger partial charge in [0.15, 0.2) is 0 Å². The van der Waals surface area contributed by atoms with E-state index in [0.29, 0.717) is 0 Å². The first-order chi connectivity index (χ1) is 64.0. The first-order valence-electron chi connectivity index (χ1n) is 45.2. The lowest BCUT2D eigenvalue weighted by atomic mass is 9.79. The molecule has 0 spiro atoms. The number of hydrogen-bond acceptors (Lipinski definition) is 4.